The molecule has 0 aromatic carbocycles. The van der Waals surface area contributed by atoms with Gasteiger partial charge in [0.15, 0.2) is 0 Å². The highest BCUT2D eigenvalue weighted by atomic mass is 16.2. The van der Waals surface area contributed by atoms with Crippen LogP contribution >= 0.6 is 0 Å². The van der Waals surface area contributed by atoms with Crippen molar-refractivity contribution in [3.63, 3.8) is 0 Å². The van der Waals surface area contributed by atoms with Gasteiger partial charge < -0.3 is 20.4 Å². The Morgan fingerprint density at radius 2 is 1.83 bits per heavy atom. The number of likely N-dealkylation sites (tertiary alicyclic amines) is 2. The quantitative estimate of drug-likeness (QED) is 0.807. The maximum atomic E-state index is 12.2. The van der Waals surface area contributed by atoms with Crippen LogP contribution in [0.2, 0.25) is 0 Å². The van der Waals surface area contributed by atoms with Gasteiger partial charge in [0.1, 0.15) is 0 Å². The average molecular weight is 324 g/mol. The molecule has 2 aliphatic heterocycles. The van der Waals surface area contributed by atoms with Crippen molar-refractivity contribution in [3.05, 3.63) is 0 Å². The van der Waals surface area contributed by atoms with Crippen molar-refractivity contribution >= 4 is 11.9 Å². The number of carbonyl (C=O) groups excluding carboxylic acids is 2. The minimum Gasteiger partial charge on any atom is -0.353 e. The van der Waals surface area contributed by atoms with E-state index in [1.807, 2.05) is 11.8 Å². The molecule has 2 N–H and O–H groups in total. The summed E-state index contributed by atoms with van der Waals surface area (Å²) in [6, 6.07) is 0.795. The van der Waals surface area contributed by atoms with Crippen LogP contribution in [0.25, 0.3) is 0 Å². The monoisotopic (exact) mass is 324 g/mol. The summed E-state index contributed by atoms with van der Waals surface area (Å²) in [5, 5.41) is 5.98. The summed E-state index contributed by atoms with van der Waals surface area (Å²) in [6.45, 7) is 5.19. The third kappa shape index (κ3) is 5.68. The molecule has 0 bridgehead atoms. The van der Waals surface area contributed by atoms with Gasteiger partial charge in [0.25, 0.3) is 0 Å². The van der Waals surface area contributed by atoms with Crippen molar-refractivity contribution in [1.82, 2.24) is 20.4 Å². The zero-order valence-corrected chi connectivity index (χ0v) is 14.6. The van der Waals surface area contributed by atoms with Crippen LogP contribution in [0.15, 0.2) is 0 Å². The van der Waals surface area contributed by atoms with E-state index in [0.29, 0.717) is 19.0 Å². The Labute approximate surface area is 140 Å². The Morgan fingerprint density at radius 3 is 2.48 bits per heavy atom. The summed E-state index contributed by atoms with van der Waals surface area (Å²) in [4.78, 5) is 28.1. The van der Waals surface area contributed by atoms with E-state index in [4.69, 9.17) is 0 Å². The summed E-state index contributed by atoms with van der Waals surface area (Å²) in [6.07, 6.45) is 7.07. The molecule has 1 atom stereocenters. The summed E-state index contributed by atoms with van der Waals surface area (Å²) >= 11 is 0. The van der Waals surface area contributed by atoms with Crippen molar-refractivity contribution in [3.8, 4) is 0 Å². The van der Waals surface area contributed by atoms with E-state index >= 15 is 0 Å². The minimum atomic E-state index is 0.0117. The molecule has 6 nitrogen and oxygen atoms in total. The Bertz CT molecular complexity index is 394. The highest BCUT2D eigenvalue weighted by molar-refractivity contribution is 5.76. The Kier molecular flexibility index (Phi) is 7.15. The van der Waals surface area contributed by atoms with Crippen LogP contribution in [0.1, 0.15) is 51.9 Å². The van der Waals surface area contributed by atoms with Crippen molar-refractivity contribution in [2.45, 2.75) is 64.0 Å². The number of nitrogens with zero attached hydrogens (tertiary/aromatic N) is 2. The molecular weight excluding hydrogens is 292 g/mol. The van der Waals surface area contributed by atoms with Gasteiger partial charge in [-0.25, -0.2) is 4.79 Å². The molecule has 2 heterocycles. The lowest BCUT2D eigenvalue weighted by atomic mass is 9.98. The summed E-state index contributed by atoms with van der Waals surface area (Å²) in [5.41, 5.74) is 0. The molecule has 6 heteroatoms. The molecule has 0 aliphatic carbocycles. The van der Waals surface area contributed by atoms with Crippen LogP contribution in [-0.4, -0.2) is 67.0 Å². The zero-order valence-electron chi connectivity index (χ0n) is 14.6. The third-order valence-electron chi connectivity index (χ3n) is 5.10. The van der Waals surface area contributed by atoms with Gasteiger partial charge in [-0.15, -0.1) is 0 Å². The van der Waals surface area contributed by atoms with Gasteiger partial charge in [-0.3, -0.25) is 4.79 Å². The number of rotatable bonds is 5. The van der Waals surface area contributed by atoms with E-state index in [1.165, 1.54) is 19.3 Å². The molecule has 2 aliphatic rings. The first-order valence-corrected chi connectivity index (χ1v) is 9.12. The standard InChI is InChI=1S/C17H32N4O2/c1-3-18-17(23)21-12-9-14(10-13-21)19-16(22)8-7-15-6-4-5-11-20(15)2/h14-15H,3-13H2,1-2H3,(H,18,23)(H,19,22). The second-order valence-corrected chi connectivity index (χ2v) is 6.83. The van der Waals surface area contributed by atoms with E-state index in [2.05, 4.69) is 22.6 Å². The molecule has 0 aromatic rings. The second-order valence-electron chi connectivity index (χ2n) is 6.83. The molecule has 2 fully saturated rings. The van der Waals surface area contributed by atoms with E-state index < -0.39 is 0 Å². The van der Waals surface area contributed by atoms with Crippen molar-refractivity contribution in [2.24, 2.45) is 0 Å². The van der Waals surface area contributed by atoms with Gasteiger partial charge in [0.05, 0.1) is 0 Å². The molecule has 23 heavy (non-hydrogen) atoms. The first kappa shape index (κ1) is 18.0. The summed E-state index contributed by atoms with van der Waals surface area (Å²) < 4.78 is 0. The number of amides is 3. The van der Waals surface area contributed by atoms with E-state index in [-0.39, 0.29) is 18.0 Å². The maximum absolute atomic E-state index is 12.2. The van der Waals surface area contributed by atoms with Gasteiger partial charge in [-0.05, 0) is 52.6 Å². The van der Waals surface area contributed by atoms with Crippen LogP contribution in [0.3, 0.4) is 0 Å². The highest BCUT2D eigenvalue weighted by Gasteiger charge is 2.24. The van der Waals surface area contributed by atoms with Gasteiger partial charge in [0, 0.05) is 38.1 Å². The van der Waals surface area contributed by atoms with Crippen LogP contribution in [-0.2, 0) is 4.79 Å². The Morgan fingerprint density at radius 1 is 1.09 bits per heavy atom. The second kappa shape index (κ2) is 9.11. The fourth-order valence-corrected chi connectivity index (χ4v) is 3.60. The van der Waals surface area contributed by atoms with Gasteiger partial charge in [-0.1, -0.05) is 6.42 Å². The SMILES string of the molecule is CCNC(=O)N1CCC(NC(=O)CCC2CCCCN2C)CC1. The largest absolute Gasteiger partial charge is 0.353 e. The van der Waals surface area contributed by atoms with Crippen molar-refractivity contribution in [1.29, 1.82) is 0 Å². The lowest BCUT2D eigenvalue weighted by Gasteiger charge is -2.33. The molecule has 0 saturated carbocycles. The maximum Gasteiger partial charge on any atom is 0.317 e. The fraction of sp³-hybridized carbons (Fsp3) is 0.882. The smallest absolute Gasteiger partial charge is 0.317 e. The molecule has 2 saturated heterocycles. The predicted octanol–water partition coefficient (Wildman–Crippen LogP) is 1.56. The molecule has 1 unspecified atom stereocenters. The predicted molar refractivity (Wildman–Crippen MR) is 91.3 cm³/mol. The molecule has 2 rings (SSSR count). The number of hydrogen-bond acceptors (Lipinski definition) is 3. The fourth-order valence-electron chi connectivity index (χ4n) is 3.60. The number of piperidine rings is 2. The molecule has 0 aromatic heterocycles. The number of carbonyl (C=O) groups is 2. The Balaban J connectivity index is 1.63. The van der Waals surface area contributed by atoms with Gasteiger partial charge in [0.2, 0.25) is 5.91 Å². The third-order valence-corrected chi connectivity index (χ3v) is 5.10. The lowest BCUT2D eigenvalue weighted by Crippen LogP contribution is -2.49. The average Bonchev–Trinajstić information content (AvgIpc) is 2.55. The number of urea groups is 1. The summed E-state index contributed by atoms with van der Waals surface area (Å²) in [7, 11) is 2.17. The number of nitrogens with one attached hydrogen (secondary N) is 2. The van der Waals surface area contributed by atoms with Crippen LogP contribution in [0.4, 0.5) is 4.79 Å². The van der Waals surface area contributed by atoms with E-state index in [1.54, 1.807) is 0 Å². The molecule has 3 amide bonds. The van der Waals surface area contributed by atoms with Crippen LogP contribution < -0.4 is 10.6 Å². The molecule has 0 spiro atoms. The first-order valence-electron chi connectivity index (χ1n) is 9.12. The van der Waals surface area contributed by atoms with E-state index in [0.717, 1.165) is 38.9 Å². The molecule has 0 radical (unpaired) electrons. The van der Waals surface area contributed by atoms with Crippen LogP contribution in [0, 0.1) is 0 Å². The topological polar surface area (TPSA) is 64.7 Å². The van der Waals surface area contributed by atoms with Crippen LogP contribution in [0.5, 0.6) is 0 Å². The lowest BCUT2D eigenvalue weighted by molar-refractivity contribution is -0.122. The molecule has 132 valence electrons. The number of hydrogen-bond donors (Lipinski definition) is 2. The minimum absolute atomic E-state index is 0.0117. The highest BCUT2D eigenvalue weighted by Crippen LogP contribution is 2.19. The Hall–Kier alpha value is -1.30. The van der Waals surface area contributed by atoms with Gasteiger partial charge in [-0.2, -0.15) is 0 Å². The van der Waals surface area contributed by atoms with Gasteiger partial charge >= 0.3 is 6.03 Å². The molecular formula is C17H32N4O2. The normalized spacial score (nSPS) is 23.6. The van der Waals surface area contributed by atoms with Crippen molar-refractivity contribution < 1.29 is 9.59 Å². The summed E-state index contributed by atoms with van der Waals surface area (Å²) in [5.74, 6) is 0.167. The van der Waals surface area contributed by atoms with E-state index in [9.17, 15) is 9.59 Å². The first-order chi connectivity index (χ1) is 11.1. The van der Waals surface area contributed by atoms with Crippen molar-refractivity contribution in [2.75, 3.05) is 33.2 Å². The zero-order chi connectivity index (χ0) is 16.7.